The molecule has 0 saturated heterocycles. The topological polar surface area (TPSA) is 32.3 Å². The quantitative estimate of drug-likeness (QED) is 0.731. The van der Waals surface area contributed by atoms with Gasteiger partial charge in [0, 0.05) is 6.54 Å². The monoisotopic (exact) mass is 227 g/mol. The van der Waals surface area contributed by atoms with E-state index in [1.165, 1.54) is 32.1 Å². The van der Waals surface area contributed by atoms with Gasteiger partial charge in [-0.05, 0) is 44.6 Å². The third-order valence-corrected chi connectivity index (χ3v) is 4.17. The summed E-state index contributed by atoms with van der Waals surface area (Å²) in [5.41, 5.74) is -0.529. The van der Waals surface area contributed by atoms with Gasteiger partial charge in [-0.1, -0.05) is 33.1 Å². The first-order valence-corrected chi connectivity index (χ1v) is 7.00. The van der Waals surface area contributed by atoms with Crippen LogP contribution < -0.4 is 5.32 Å². The van der Waals surface area contributed by atoms with Crippen molar-refractivity contribution in [2.24, 2.45) is 11.8 Å². The summed E-state index contributed by atoms with van der Waals surface area (Å²) in [4.78, 5) is 0. The highest BCUT2D eigenvalue weighted by Gasteiger charge is 2.22. The number of aliphatic hydroxyl groups is 1. The van der Waals surface area contributed by atoms with Crippen molar-refractivity contribution in [3.63, 3.8) is 0 Å². The summed E-state index contributed by atoms with van der Waals surface area (Å²) in [6.45, 7) is 8.08. The molecule has 0 aromatic heterocycles. The molecule has 96 valence electrons. The van der Waals surface area contributed by atoms with Gasteiger partial charge in [-0.3, -0.25) is 0 Å². The lowest BCUT2D eigenvalue weighted by Crippen LogP contribution is -2.39. The van der Waals surface area contributed by atoms with Gasteiger partial charge in [-0.15, -0.1) is 0 Å². The fourth-order valence-electron chi connectivity index (χ4n) is 2.63. The first-order chi connectivity index (χ1) is 7.57. The lowest BCUT2D eigenvalue weighted by molar-refractivity contribution is 0.0540. The maximum absolute atomic E-state index is 9.89. The molecule has 3 unspecified atom stereocenters. The van der Waals surface area contributed by atoms with Crippen LogP contribution in [-0.4, -0.2) is 23.8 Å². The van der Waals surface area contributed by atoms with E-state index in [2.05, 4.69) is 12.2 Å². The molecule has 0 aromatic rings. The van der Waals surface area contributed by atoms with Gasteiger partial charge in [0.05, 0.1) is 5.60 Å². The standard InChI is InChI=1S/C14H29NO/c1-4-12-7-6-8-13(9-12)10-15-11-14(3,16)5-2/h12-13,15-16H,4-11H2,1-3H3. The molecule has 1 saturated carbocycles. The molecule has 2 N–H and O–H groups in total. The lowest BCUT2D eigenvalue weighted by atomic mass is 9.80. The van der Waals surface area contributed by atoms with Crippen LogP contribution in [0.3, 0.4) is 0 Å². The molecule has 16 heavy (non-hydrogen) atoms. The Balaban J connectivity index is 2.17. The first-order valence-electron chi connectivity index (χ1n) is 7.00. The summed E-state index contributed by atoms with van der Waals surface area (Å²) in [5.74, 6) is 1.79. The fourth-order valence-corrected chi connectivity index (χ4v) is 2.63. The van der Waals surface area contributed by atoms with E-state index >= 15 is 0 Å². The van der Waals surface area contributed by atoms with Crippen molar-refractivity contribution in [3.05, 3.63) is 0 Å². The van der Waals surface area contributed by atoms with E-state index in [1.54, 1.807) is 0 Å². The van der Waals surface area contributed by atoms with Crippen molar-refractivity contribution in [1.82, 2.24) is 5.32 Å². The average Bonchev–Trinajstić information content (AvgIpc) is 2.29. The zero-order chi connectivity index (χ0) is 12.0. The highest BCUT2D eigenvalue weighted by Crippen LogP contribution is 2.30. The van der Waals surface area contributed by atoms with Gasteiger partial charge in [0.25, 0.3) is 0 Å². The predicted molar refractivity (Wildman–Crippen MR) is 69.5 cm³/mol. The minimum Gasteiger partial charge on any atom is -0.389 e. The van der Waals surface area contributed by atoms with Gasteiger partial charge in [0.1, 0.15) is 0 Å². The second-order valence-electron chi connectivity index (χ2n) is 5.79. The fraction of sp³-hybridized carbons (Fsp3) is 1.00. The van der Waals surface area contributed by atoms with Crippen molar-refractivity contribution in [2.75, 3.05) is 13.1 Å². The maximum atomic E-state index is 9.89. The van der Waals surface area contributed by atoms with Crippen LogP contribution >= 0.6 is 0 Å². The summed E-state index contributed by atoms with van der Waals surface area (Å²) < 4.78 is 0. The Morgan fingerprint density at radius 2 is 1.94 bits per heavy atom. The van der Waals surface area contributed by atoms with Crippen molar-refractivity contribution < 1.29 is 5.11 Å². The van der Waals surface area contributed by atoms with E-state index in [0.717, 1.165) is 31.3 Å². The molecule has 0 spiro atoms. The molecule has 0 aliphatic heterocycles. The predicted octanol–water partition coefficient (Wildman–Crippen LogP) is 2.95. The molecule has 1 aliphatic rings. The molecule has 1 aliphatic carbocycles. The third-order valence-electron chi connectivity index (χ3n) is 4.17. The summed E-state index contributed by atoms with van der Waals surface area (Å²) in [6, 6.07) is 0. The Hall–Kier alpha value is -0.0800. The Kier molecular flexibility index (Phi) is 5.77. The molecule has 2 nitrogen and oxygen atoms in total. The molecular formula is C14H29NO. The average molecular weight is 227 g/mol. The molecule has 1 fully saturated rings. The molecule has 0 amide bonds. The summed E-state index contributed by atoms with van der Waals surface area (Å²) in [5, 5.41) is 13.3. The van der Waals surface area contributed by atoms with E-state index in [0.29, 0.717) is 0 Å². The lowest BCUT2D eigenvalue weighted by Gasteiger charge is -2.30. The molecule has 0 aromatic carbocycles. The zero-order valence-electron chi connectivity index (χ0n) is 11.3. The maximum Gasteiger partial charge on any atom is 0.0740 e. The van der Waals surface area contributed by atoms with Gasteiger partial charge in [0.2, 0.25) is 0 Å². The first kappa shape index (κ1) is 14.0. The highest BCUT2D eigenvalue weighted by molar-refractivity contribution is 4.77. The van der Waals surface area contributed by atoms with Crippen molar-refractivity contribution >= 4 is 0 Å². The van der Waals surface area contributed by atoms with E-state index < -0.39 is 5.60 Å². The number of nitrogens with one attached hydrogen (secondary N) is 1. The van der Waals surface area contributed by atoms with Crippen LogP contribution in [0.1, 0.15) is 59.3 Å². The van der Waals surface area contributed by atoms with E-state index in [9.17, 15) is 5.11 Å². The molecule has 0 radical (unpaired) electrons. The second-order valence-corrected chi connectivity index (χ2v) is 5.79. The van der Waals surface area contributed by atoms with E-state index in [4.69, 9.17) is 0 Å². The molecule has 3 atom stereocenters. The largest absolute Gasteiger partial charge is 0.389 e. The number of hydrogen-bond acceptors (Lipinski definition) is 2. The van der Waals surface area contributed by atoms with Crippen molar-refractivity contribution in [1.29, 1.82) is 0 Å². The SMILES string of the molecule is CCC1CCCC(CNCC(C)(O)CC)C1. The van der Waals surface area contributed by atoms with Gasteiger partial charge >= 0.3 is 0 Å². The summed E-state index contributed by atoms with van der Waals surface area (Å²) >= 11 is 0. The zero-order valence-corrected chi connectivity index (χ0v) is 11.3. The molecular weight excluding hydrogens is 198 g/mol. The van der Waals surface area contributed by atoms with Crippen LogP contribution in [0.15, 0.2) is 0 Å². The van der Waals surface area contributed by atoms with Crippen molar-refractivity contribution in [3.8, 4) is 0 Å². The Labute approximate surface area is 101 Å². The number of hydrogen-bond donors (Lipinski definition) is 2. The van der Waals surface area contributed by atoms with Gasteiger partial charge in [-0.2, -0.15) is 0 Å². The third kappa shape index (κ3) is 4.84. The van der Waals surface area contributed by atoms with Crippen LogP contribution in [0, 0.1) is 11.8 Å². The van der Waals surface area contributed by atoms with Crippen molar-refractivity contribution in [2.45, 2.75) is 64.9 Å². The summed E-state index contributed by atoms with van der Waals surface area (Å²) in [6.07, 6.45) is 7.75. The Morgan fingerprint density at radius 3 is 2.56 bits per heavy atom. The van der Waals surface area contributed by atoms with Crippen LogP contribution in [0.4, 0.5) is 0 Å². The molecule has 0 heterocycles. The molecule has 0 bridgehead atoms. The van der Waals surface area contributed by atoms with Crippen LogP contribution in [0.5, 0.6) is 0 Å². The van der Waals surface area contributed by atoms with E-state index in [1.807, 2.05) is 13.8 Å². The van der Waals surface area contributed by atoms with Gasteiger partial charge in [-0.25, -0.2) is 0 Å². The van der Waals surface area contributed by atoms with Crippen LogP contribution in [0.25, 0.3) is 0 Å². The highest BCUT2D eigenvalue weighted by atomic mass is 16.3. The van der Waals surface area contributed by atoms with E-state index in [-0.39, 0.29) is 0 Å². The summed E-state index contributed by atoms with van der Waals surface area (Å²) in [7, 11) is 0. The smallest absolute Gasteiger partial charge is 0.0740 e. The van der Waals surface area contributed by atoms with Gasteiger partial charge < -0.3 is 10.4 Å². The normalized spacial score (nSPS) is 30.0. The van der Waals surface area contributed by atoms with Crippen LogP contribution in [0.2, 0.25) is 0 Å². The second kappa shape index (κ2) is 6.61. The minimum absolute atomic E-state index is 0.529. The molecule has 2 heteroatoms. The number of rotatable bonds is 6. The molecule has 1 rings (SSSR count). The van der Waals surface area contributed by atoms with Gasteiger partial charge in [0.15, 0.2) is 0 Å². The Bertz CT molecular complexity index is 191. The van der Waals surface area contributed by atoms with Crippen LogP contribution in [-0.2, 0) is 0 Å². The minimum atomic E-state index is -0.529. The Morgan fingerprint density at radius 1 is 1.25 bits per heavy atom.